The van der Waals surface area contributed by atoms with Gasteiger partial charge >= 0.3 is 0 Å². The van der Waals surface area contributed by atoms with E-state index in [1.54, 1.807) is 12.1 Å². The molecule has 2 aromatic rings. The van der Waals surface area contributed by atoms with Crippen molar-refractivity contribution in [3.63, 3.8) is 0 Å². The molecule has 0 radical (unpaired) electrons. The molecule has 0 spiro atoms. The van der Waals surface area contributed by atoms with Crippen LogP contribution in [0.15, 0.2) is 28.7 Å². The zero-order valence-corrected chi connectivity index (χ0v) is 11.2. The number of nitriles is 1. The van der Waals surface area contributed by atoms with Gasteiger partial charge in [-0.05, 0) is 25.1 Å². The van der Waals surface area contributed by atoms with Crippen LogP contribution in [0.5, 0.6) is 0 Å². The predicted molar refractivity (Wildman–Crippen MR) is 73.3 cm³/mol. The first-order valence-corrected chi connectivity index (χ1v) is 5.95. The number of benzene rings is 1. The van der Waals surface area contributed by atoms with Crippen molar-refractivity contribution in [2.45, 2.75) is 6.92 Å². The number of nitrogen functional groups attached to an aromatic ring is 1. The fourth-order valence-electron chi connectivity index (χ4n) is 1.51. The molecule has 18 heavy (non-hydrogen) atoms. The molecule has 90 valence electrons. The number of aromatic nitrogens is 2. The molecule has 1 heterocycles. The zero-order chi connectivity index (χ0) is 13.1. The van der Waals surface area contributed by atoms with E-state index < -0.39 is 0 Å². The molecule has 1 aromatic heterocycles. The second-order valence-electron chi connectivity index (χ2n) is 3.68. The molecule has 0 aliphatic heterocycles. The fraction of sp³-hybridized carbons (Fsp3) is 0.0833. The Labute approximate surface area is 113 Å². The molecule has 0 amide bonds. The number of nitrogens with two attached hydrogens (primary N) is 1. The van der Waals surface area contributed by atoms with Gasteiger partial charge in [0.1, 0.15) is 11.9 Å². The Balaban J connectivity index is 2.39. The van der Waals surface area contributed by atoms with E-state index >= 15 is 0 Å². The zero-order valence-electron chi connectivity index (χ0n) is 9.61. The van der Waals surface area contributed by atoms with Gasteiger partial charge in [0.25, 0.3) is 0 Å². The molecule has 0 saturated heterocycles. The van der Waals surface area contributed by atoms with Crippen LogP contribution < -0.4 is 11.1 Å². The summed E-state index contributed by atoms with van der Waals surface area (Å²) in [6.45, 7) is 1.83. The summed E-state index contributed by atoms with van der Waals surface area (Å²) in [4.78, 5) is 8.05. The molecule has 5 nitrogen and oxygen atoms in total. The molecule has 0 bridgehead atoms. The van der Waals surface area contributed by atoms with Crippen LogP contribution in [0.25, 0.3) is 0 Å². The van der Waals surface area contributed by atoms with Gasteiger partial charge in [0, 0.05) is 16.2 Å². The van der Waals surface area contributed by atoms with E-state index in [9.17, 15) is 0 Å². The van der Waals surface area contributed by atoms with Crippen LogP contribution in [0.4, 0.5) is 17.5 Å². The van der Waals surface area contributed by atoms with E-state index in [4.69, 9.17) is 11.0 Å². The Morgan fingerprint density at radius 1 is 1.33 bits per heavy atom. The van der Waals surface area contributed by atoms with Crippen molar-refractivity contribution in [1.29, 1.82) is 5.26 Å². The van der Waals surface area contributed by atoms with Gasteiger partial charge in [-0.3, -0.25) is 0 Å². The van der Waals surface area contributed by atoms with Gasteiger partial charge in [0.2, 0.25) is 5.95 Å². The Morgan fingerprint density at radius 2 is 2.11 bits per heavy atom. The lowest BCUT2D eigenvalue weighted by atomic mass is 10.2. The van der Waals surface area contributed by atoms with Gasteiger partial charge in [-0.15, -0.1) is 0 Å². The summed E-state index contributed by atoms with van der Waals surface area (Å²) in [5.74, 6) is 0.764. The minimum absolute atomic E-state index is 0.200. The third-order valence-electron chi connectivity index (χ3n) is 2.24. The van der Waals surface area contributed by atoms with Crippen molar-refractivity contribution < 1.29 is 0 Å². The monoisotopic (exact) mass is 303 g/mol. The third kappa shape index (κ3) is 2.76. The minimum atomic E-state index is 0.200. The summed E-state index contributed by atoms with van der Waals surface area (Å²) in [5, 5.41) is 12.1. The maximum absolute atomic E-state index is 9.03. The van der Waals surface area contributed by atoms with Crippen LogP contribution in [0.2, 0.25) is 0 Å². The lowest BCUT2D eigenvalue weighted by molar-refractivity contribution is 1.12. The van der Waals surface area contributed by atoms with E-state index in [-0.39, 0.29) is 5.95 Å². The number of hydrogen-bond acceptors (Lipinski definition) is 5. The summed E-state index contributed by atoms with van der Waals surface area (Å²) in [5.41, 5.74) is 7.55. The molecule has 2 rings (SSSR count). The fourth-order valence-corrected chi connectivity index (χ4v) is 1.87. The quantitative estimate of drug-likeness (QED) is 0.890. The van der Waals surface area contributed by atoms with Gasteiger partial charge in [-0.1, -0.05) is 15.9 Å². The summed E-state index contributed by atoms with van der Waals surface area (Å²) >= 11 is 3.36. The number of anilines is 3. The number of aryl methyl sites for hydroxylation is 1. The molecule has 0 fully saturated rings. The second kappa shape index (κ2) is 5.02. The van der Waals surface area contributed by atoms with Crippen molar-refractivity contribution >= 4 is 33.4 Å². The molecule has 6 heteroatoms. The van der Waals surface area contributed by atoms with E-state index in [2.05, 4.69) is 37.3 Å². The molecule has 1 aromatic carbocycles. The first-order chi connectivity index (χ1) is 8.58. The number of nitrogens with zero attached hydrogens (tertiary/aromatic N) is 3. The van der Waals surface area contributed by atoms with E-state index in [1.165, 1.54) is 0 Å². The summed E-state index contributed by atoms with van der Waals surface area (Å²) in [6.07, 6.45) is 0. The van der Waals surface area contributed by atoms with Gasteiger partial charge in [-0.25, -0.2) is 4.98 Å². The van der Waals surface area contributed by atoms with E-state index in [1.807, 2.05) is 19.1 Å². The van der Waals surface area contributed by atoms with Crippen LogP contribution in [0, 0.1) is 18.3 Å². The second-order valence-corrected chi connectivity index (χ2v) is 4.60. The molecule has 3 N–H and O–H groups in total. The minimum Gasteiger partial charge on any atom is -0.368 e. The standard InChI is InChI=1S/C12H10BrN5/c1-7-4-11(18-12(15)16-7)17-10-5-9(13)3-2-8(10)6-14/h2-5H,1H3,(H3,15,16,17,18). The largest absolute Gasteiger partial charge is 0.368 e. The number of nitrogens with one attached hydrogen (secondary N) is 1. The highest BCUT2D eigenvalue weighted by atomic mass is 79.9. The van der Waals surface area contributed by atoms with Gasteiger partial charge < -0.3 is 11.1 Å². The van der Waals surface area contributed by atoms with E-state index in [0.29, 0.717) is 17.1 Å². The van der Waals surface area contributed by atoms with Crippen molar-refractivity contribution in [3.8, 4) is 6.07 Å². The first-order valence-electron chi connectivity index (χ1n) is 5.16. The molecule has 0 aliphatic carbocycles. The maximum atomic E-state index is 9.03. The molecular weight excluding hydrogens is 294 g/mol. The molecular formula is C12H10BrN5. The topological polar surface area (TPSA) is 87.6 Å². The Kier molecular flexibility index (Phi) is 3.44. The molecule has 0 saturated carbocycles. The Hall–Kier alpha value is -2.13. The van der Waals surface area contributed by atoms with Crippen LogP contribution in [0.3, 0.4) is 0 Å². The van der Waals surface area contributed by atoms with Crippen molar-refractivity contribution in [2.75, 3.05) is 11.1 Å². The lowest BCUT2D eigenvalue weighted by Crippen LogP contribution is -2.02. The van der Waals surface area contributed by atoms with Crippen LogP contribution in [0.1, 0.15) is 11.3 Å². The van der Waals surface area contributed by atoms with Gasteiger partial charge in [0.15, 0.2) is 0 Å². The summed E-state index contributed by atoms with van der Waals surface area (Å²) < 4.78 is 0.878. The van der Waals surface area contributed by atoms with Crippen LogP contribution in [-0.2, 0) is 0 Å². The normalized spacial score (nSPS) is 9.83. The maximum Gasteiger partial charge on any atom is 0.222 e. The van der Waals surface area contributed by atoms with Gasteiger partial charge in [-0.2, -0.15) is 10.2 Å². The van der Waals surface area contributed by atoms with Gasteiger partial charge in [0.05, 0.1) is 11.3 Å². The molecule has 0 unspecified atom stereocenters. The Morgan fingerprint density at radius 3 is 2.78 bits per heavy atom. The molecule has 0 atom stereocenters. The van der Waals surface area contributed by atoms with Crippen molar-refractivity contribution in [2.24, 2.45) is 0 Å². The summed E-state index contributed by atoms with van der Waals surface area (Å²) in [7, 11) is 0. The number of halogens is 1. The van der Waals surface area contributed by atoms with Crippen LogP contribution >= 0.6 is 15.9 Å². The highest BCUT2D eigenvalue weighted by Gasteiger charge is 2.05. The smallest absolute Gasteiger partial charge is 0.222 e. The number of rotatable bonds is 2. The van der Waals surface area contributed by atoms with Crippen molar-refractivity contribution in [1.82, 2.24) is 9.97 Å². The average Bonchev–Trinajstić information content (AvgIpc) is 2.27. The van der Waals surface area contributed by atoms with E-state index in [0.717, 1.165) is 10.2 Å². The SMILES string of the molecule is Cc1cc(Nc2cc(Br)ccc2C#N)nc(N)n1. The molecule has 0 aliphatic rings. The highest BCUT2D eigenvalue weighted by molar-refractivity contribution is 9.10. The Bertz CT molecular complexity index is 613. The van der Waals surface area contributed by atoms with Crippen molar-refractivity contribution in [3.05, 3.63) is 40.0 Å². The predicted octanol–water partition coefficient (Wildman–Crippen LogP) is 2.75. The summed E-state index contributed by atoms with van der Waals surface area (Å²) in [6, 6.07) is 9.22. The van der Waals surface area contributed by atoms with Crippen LogP contribution in [-0.4, -0.2) is 9.97 Å². The highest BCUT2D eigenvalue weighted by Crippen LogP contribution is 2.24. The average molecular weight is 304 g/mol. The lowest BCUT2D eigenvalue weighted by Gasteiger charge is -2.08. The first kappa shape index (κ1) is 12.3. The third-order valence-corrected chi connectivity index (χ3v) is 2.73. The number of hydrogen-bond donors (Lipinski definition) is 2.